The van der Waals surface area contributed by atoms with E-state index in [1.54, 1.807) is 34.4 Å². The average Bonchev–Trinajstić information content (AvgIpc) is 3.35. The number of benzene rings is 2. The lowest BCUT2D eigenvalue weighted by atomic mass is 10.00. The summed E-state index contributed by atoms with van der Waals surface area (Å²) in [6, 6.07) is 13.3. The lowest BCUT2D eigenvalue weighted by Gasteiger charge is -2.37. The van der Waals surface area contributed by atoms with Crippen LogP contribution in [0.3, 0.4) is 0 Å². The summed E-state index contributed by atoms with van der Waals surface area (Å²) in [6.07, 6.45) is 1.41. The summed E-state index contributed by atoms with van der Waals surface area (Å²) in [4.78, 5) is 31.2. The standard InChI is InChI=1S/C28H30F2N2O3S/c1-19(2)11-14-31(28(34)22-5-3-4-6-24(22)30)17-27(33)32-15-12-26-23(13-16-36-26)25(32)18-35-21-9-7-20(29)8-10-21/h3-10,13,16,19,25H,11-12,14-15,17-18H2,1-2H3. The number of thiophene rings is 1. The van der Waals surface area contributed by atoms with Crippen LogP contribution in [-0.4, -0.2) is 47.9 Å². The first-order valence-electron chi connectivity index (χ1n) is 12.1. The molecular weight excluding hydrogens is 482 g/mol. The fraction of sp³-hybridized carbons (Fsp3) is 0.357. The molecule has 0 spiro atoms. The van der Waals surface area contributed by atoms with E-state index in [-0.39, 0.29) is 36.5 Å². The second-order valence-electron chi connectivity index (χ2n) is 9.31. The van der Waals surface area contributed by atoms with Gasteiger partial charge < -0.3 is 14.5 Å². The third-order valence-corrected chi connectivity index (χ3v) is 7.33. The van der Waals surface area contributed by atoms with Gasteiger partial charge in [0.25, 0.3) is 5.91 Å². The molecule has 3 aromatic rings. The Kier molecular flexibility index (Phi) is 8.36. The molecule has 1 atom stereocenters. The van der Waals surface area contributed by atoms with E-state index in [0.717, 1.165) is 12.0 Å². The second kappa shape index (κ2) is 11.6. The van der Waals surface area contributed by atoms with Gasteiger partial charge in [0, 0.05) is 18.0 Å². The van der Waals surface area contributed by atoms with E-state index in [1.165, 1.54) is 40.1 Å². The molecule has 2 aromatic carbocycles. The van der Waals surface area contributed by atoms with Gasteiger partial charge in [-0.25, -0.2) is 8.78 Å². The summed E-state index contributed by atoms with van der Waals surface area (Å²) < 4.78 is 33.6. The molecule has 36 heavy (non-hydrogen) atoms. The zero-order valence-corrected chi connectivity index (χ0v) is 21.3. The first kappa shape index (κ1) is 25.8. The van der Waals surface area contributed by atoms with Crippen LogP contribution in [0, 0.1) is 17.6 Å². The van der Waals surface area contributed by atoms with Gasteiger partial charge in [-0.3, -0.25) is 9.59 Å². The molecule has 1 unspecified atom stereocenters. The van der Waals surface area contributed by atoms with Gasteiger partial charge in [-0.1, -0.05) is 26.0 Å². The van der Waals surface area contributed by atoms with Crippen LogP contribution in [0.15, 0.2) is 60.0 Å². The molecule has 0 saturated carbocycles. The van der Waals surface area contributed by atoms with Crippen molar-refractivity contribution in [2.75, 3.05) is 26.2 Å². The molecule has 0 bridgehead atoms. The van der Waals surface area contributed by atoms with Crippen molar-refractivity contribution >= 4 is 23.2 Å². The molecule has 4 rings (SSSR count). The normalized spacial score (nSPS) is 15.0. The Hall–Kier alpha value is -3.26. The molecule has 0 N–H and O–H groups in total. The SMILES string of the molecule is CC(C)CCN(CC(=O)N1CCc2sccc2C1COc1ccc(F)cc1)C(=O)c1ccccc1F. The summed E-state index contributed by atoms with van der Waals surface area (Å²) in [6.45, 7) is 4.99. The Labute approximate surface area is 214 Å². The van der Waals surface area contributed by atoms with E-state index < -0.39 is 11.7 Å². The molecule has 0 fully saturated rings. The Morgan fingerprint density at radius 2 is 1.86 bits per heavy atom. The number of fused-ring (bicyclic) bond motifs is 1. The minimum atomic E-state index is -0.601. The molecule has 5 nitrogen and oxygen atoms in total. The van der Waals surface area contributed by atoms with Crippen LogP contribution in [0.25, 0.3) is 0 Å². The van der Waals surface area contributed by atoms with Crippen LogP contribution in [0.2, 0.25) is 0 Å². The van der Waals surface area contributed by atoms with E-state index in [4.69, 9.17) is 4.74 Å². The molecule has 1 aliphatic heterocycles. The number of amides is 2. The Bertz CT molecular complexity index is 1200. The van der Waals surface area contributed by atoms with E-state index in [9.17, 15) is 18.4 Å². The largest absolute Gasteiger partial charge is 0.491 e. The van der Waals surface area contributed by atoms with Gasteiger partial charge in [0.15, 0.2) is 0 Å². The molecular formula is C28H30F2N2O3S. The average molecular weight is 513 g/mol. The fourth-order valence-corrected chi connectivity index (χ4v) is 5.23. The van der Waals surface area contributed by atoms with Crippen LogP contribution in [-0.2, 0) is 11.2 Å². The molecule has 1 aromatic heterocycles. The number of nitrogens with zero attached hydrogens (tertiary/aromatic N) is 2. The number of ether oxygens (including phenoxy) is 1. The van der Waals surface area contributed by atoms with Crippen molar-refractivity contribution < 1.29 is 23.1 Å². The topological polar surface area (TPSA) is 49.9 Å². The lowest BCUT2D eigenvalue weighted by Crippen LogP contribution is -2.48. The Morgan fingerprint density at radius 1 is 1.11 bits per heavy atom. The first-order chi connectivity index (χ1) is 17.3. The molecule has 0 radical (unpaired) electrons. The molecule has 1 aliphatic rings. The quantitative estimate of drug-likeness (QED) is 0.369. The van der Waals surface area contributed by atoms with Crippen molar-refractivity contribution in [3.05, 3.63) is 87.6 Å². The molecule has 2 amide bonds. The third kappa shape index (κ3) is 6.10. The highest BCUT2D eigenvalue weighted by Gasteiger charge is 2.34. The van der Waals surface area contributed by atoms with Crippen LogP contribution >= 0.6 is 11.3 Å². The predicted molar refractivity (Wildman–Crippen MR) is 136 cm³/mol. The summed E-state index contributed by atoms with van der Waals surface area (Å²) >= 11 is 1.65. The van der Waals surface area contributed by atoms with Crippen molar-refractivity contribution in [1.29, 1.82) is 0 Å². The van der Waals surface area contributed by atoms with E-state index in [1.807, 2.05) is 25.3 Å². The molecule has 0 aliphatic carbocycles. The number of halogens is 2. The van der Waals surface area contributed by atoms with Crippen molar-refractivity contribution in [3.8, 4) is 5.75 Å². The predicted octanol–water partition coefficient (Wildman–Crippen LogP) is 5.72. The number of rotatable bonds is 9. The smallest absolute Gasteiger partial charge is 0.257 e. The maximum Gasteiger partial charge on any atom is 0.257 e. The maximum absolute atomic E-state index is 14.4. The number of hydrogen-bond donors (Lipinski definition) is 0. The van der Waals surface area contributed by atoms with Crippen LogP contribution in [0.4, 0.5) is 8.78 Å². The van der Waals surface area contributed by atoms with E-state index in [0.29, 0.717) is 31.2 Å². The minimum Gasteiger partial charge on any atom is -0.491 e. The Morgan fingerprint density at radius 3 is 2.58 bits per heavy atom. The van der Waals surface area contributed by atoms with Crippen molar-refractivity contribution in [1.82, 2.24) is 9.80 Å². The second-order valence-corrected chi connectivity index (χ2v) is 10.3. The highest BCUT2D eigenvalue weighted by Crippen LogP contribution is 2.34. The van der Waals surface area contributed by atoms with E-state index >= 15 is 0 Å². The lowest BCUT2D eigenvalue weighted by molar-refractivity contribution is -0.135. The number of hydrogen-bond acceptors (Lipinski definition) is 4. The third-order valence-electron chi connectivity index (χ3n) is 6.33. The number of carbonyl (C=O) groups is 2. The summed E-state index contributed by atoms with van der Waals surface area (Å²) in [5.41, 5.74) is 0.986. The highest BCUT2D eigenvalue weighted by molar-refractivity contribution is 7.10. The fourth-order valence-electron chi connectivity index (χ4n) is 4.31. The molecule has 8 heteroatoms. The van der Waals surface area contributed by atoms with Crippen LogP contribution < -0.4 is 4.74 Å². The van der Waals surface area contributed by atoms with Gasteiger partial charge in [0.2, 0.25) is 5.91 Å². The van der Waals surface area contributed by atoms with Crippen molar-refractivity contribution in [2.24, 2.45) is 5.92 Å². The summed E-state index contributed by atoms with van der Waals surface area (Å²) in [7, 11) is 0. The van der Waals surface area contributed by atoms with Gasteiger partial charge in [-0.2, -0.15) is 0 Å². The molecule has 2 heterocycles. The van der Waals surface area contributed by atoms with Gasteiger partial charge >= 0.3 is 0 Å². The van der Waals surface area contributed by atoms with E-state index in [2.05, 4.69) is 0 Å². The van der Waals surface area contributed by atoms with Gasteiger partial charge in [-0.05, 0) is 72.2 Å². The zero-order chi connectivity index (χ0) is 25.7. The Balaban J connectivity index is 1.54. The summed E-state index contributed by atoms with van der Waals surface area (Å²) in [5.74, 6) is -0.827. The van der Waals surface area contributed by atoms with Gasteiger partial charge in [0.05, 0.1) is 11.6 Å². The molecule has 190 valence electrons. The number of carbonyl (C=O) groups excluding carboxylic acids is 2. The monoisotopic (exact) mass is 512 g/mol. The minimum absolute atomic E-state index is 0.0379. The van der Waals surface area contributed by atoms with Crippen molar-refractivity contribution in [2.45, 2.75) is 32.7 Å². The summed E-state index contributed by atoms with van der Waals surface area (Å²) in [5, 5.41) is 2.00. The van der Waals surface area contributed by atoms with Gasteiger partial charge in [-0.15, -0.1) is 11.3 Å². The first-order valence-corrected chi connectivity index (χ1v) is 13.0. The maximum atomic E-state index is 14.4. The van der Waals surface area contributed by atoms with Gasteiger partial charge in [0.1, 0.15) is 30.5 Å². The molecule has 0 saturated heterocycles. The zero-order valence-electron chi connectivity index (χ0n) is 20.5. The van der Waals surface area contributed by atoms with Crippen LogP contribution in [0.5, 0.6) is 5.75 Å². The highest BCUT2D eigenvalue weighted by atomic mass is 32.1. The van der Waals surface area contributed by atoms with Crippen LogP contribution in [0.1, 0.15) is 47.1 Å². The van der Waals surface area contributed by atoms with Crippen molar-refractivity contribution in [3.63, 3.8) is 0 Å².